The van der Waals surface area contributed by atoms with Crippen molar-refractivity contribution in [3.63, 3.8) is 0 Å². The second kappa shape index (κ2) is 8.31. The Kier molecular flexibility index (Phi) is 6.41. The van der Waals surface area contributed by atoms with Crippen LogP contribution < -0.4 is 10.6 Å². The summed E-state index contributed by atoms with van der Waals surface area (Å²) in [5, 5.41) is 15.0. The Morgan fingerprint density at radius 3 is 2.83 bits per heavy atom. The Labute approximate surface area is 145 Å². The summed E-state index contributed by atoms with van der Waals surface area (Å²) in [7, 11) is 0. The smallest absolute Gasteiger partial charge is 0.234 e. The fraction of sp³-hybridized carbons (Fsp3) is 0.438. The molecule has 1 heterocycles. The van der Waals surface area contributed by atoms with Gasteiger partial charge in [0.25, 0.3) is 0 Å². The predicted octanol–water partition coefficient (Wildman–Crippen LogP) is 4.13. The van der Waals surface area contributed by atoms with Crippen LogP contribution in [0.3, 0.4) is 0 Å². The summed E-state index contributed by atoms with van der Waals surface area (Å²) in [5.41, 5.74) is 3.17. The summed E-state index contributed by atoms with van der Waals surface area (Å²) < 4.78 is 0.796. The first-order valence-corrected chi connectivity index (χ1v) is 9.41. The highest BCUT2D eigenvalue weighted by molar-refractivity contribution is 8.01. The van der Waals surface area contributed by atoms with Gasteiger partial charge in [-0.1, -0.05) is 55.1 Å². The summed E-state index contributed by atoms with van der Waals surface area (Å²) in [4.78, 5) is 12.3. The Morgan fingerprint density at radius 1 is 1.35 bits per heavy atom. The van der Waals surface area contributed by atoms with E-state index in [0.717, 1.165) is 32.8 Å². The first-order valence-electron chi connectivity index (χ1n) is 7.60. The van der Waals surface area contributed by atoms with Crippen LogP contribution in [0.5, 0.6) is 0 Å². The molecule has 0 aliphatic heterocycles. The van der Waals surface area contributed by atoms with Crippen LogP contribution in [-0.4, -0.2) is 28.4 Å². The predicted molar refractivity (Wildman–Crippen MR) is 98.7 cm³/mol. The van der Waals surface area contributed by atoms with Crippen molar-refractivity contribution in [2.75, 3.05) is 22.9 Å². The minimum absolute atomic E-state index is 0.0219. The van der Waals surface area contributed by atoms with Crippen LogP contribution in [0.1, 0.15) is 37.8 Å². The highest BCUT2D eigenvalue weighted by Gasteiger charge is 2.13. The van der Waals surface area contributed by atoms with Crippen LogP contribution in [0, 0.1) is 6.92 Å². The fourth-order valence-electron chi connectivity index (χ4n) is 2.14. The van der Waals surface area contributed by atoms with Crippen molar-refractivity contribution < 1.29 is 4.79 Å². The minimum atomic E-state index is -0.0219. The number of aryl methyl sites for hydroxylation is 1. The van der Waals surface area contributed by atoms with Gasteiger partial charge in [0.2, 0.25) is 11.0 Å². The number of anilines is 2. The molecule has 23 heavy (non-hydrogen) atoms. The van der Waals surface area contributed by atoms with Crippen LogP contribution in [0.15, 0.2) is 22.5 Å². The maximum atomic E-state index is 12.3. The largest absolute Gasteiger partial charge is 0.360 e. The molecule has 0 aliphatic carbocycles. The third-order valence-electron chi connectivity index (χ3n) is 3.25. The average Bonchev–Trinajstić information content (AvgIpc) is 2.95. The number of rotatable bonds is 7. The molecule has 0 unspecified atom stereocenters. The lowest BCUT2D eigenvalue weighted by Gasteiger charge is -2.16. The Bertz CT molecular complexity index is 670. The molecule has 0 saturated heterocycles. The molecule has 0 atom stereocenters. The monoisotopic (exact) mass is 350 g/mol. The molecule has 2 rings (SSSR count). The highest BCUT2D eigenvalue weighted by Crippen LogP contribution is 2.29. The molecule has 1 aromatic heterocycles. The van der Waals surface area contributed by atoms with Crippen molar-refractivity contribution >= 4 is 39.8 Å². The molecule has 0 bridgehead atoms. The Hall–Kier alpha value is -1.60. The molecule has 124 valence electrons. The van der Waals surface area contributed by atoms with Gasteiger partial charge in [0.05, 0.1) is 5.75 Å². The molecule has 0 spiro atoms. The number of para-hydroxylation sites is 1. The van der Waals surface area contributed by atoms with Gasteiger partial charge in [0.15, 0.2) is 4.34 Å². The second-order valence-electron chi connectivity index (χ2n) is 5.43. The van der Waals surface area contributed by atoms with Crippen LogP contribution in [0.4, 0.5) is 10.8 Å². The van der Waals surface area contributed by atoms with E-state index < -0.39 is 0 Å². The van der Waals surface area contributed by atoms with Crippen LogP contribution >= 0.6 is 23.1 Å². The van der Waals surface area contributed by atoms with Gasteiger partial charge in [0, 0.05) is 12.2 Å². The van der Waals surface area contributed by atoms with Gasteiger partial charge in [-0.3, -0.25) is 4.79 Å². The van der Waals surface area contributed by atoms with E-state index in [-0.39, 0.29) is 5.91 Å². The Balaban J connectivity index is 1.97. The molecule has 0 fully saturated rings. The number of thioether (sulfide) groups is 1. The lowest BCUT2D eigenvalue weighted by molar-refractivity contribution is -0.113. The molecule has 0 saturated carbocycles. The molecule has 5 nitrogen and oxygen atoms in total. The number of carbonyl (C=O) groups is 1. The minimum Gasteiger partial charge on any atom is -0.360 e. The summed E-state index contributed by atoms with van der Waals surface area (Å²) >= 11 is 2.87. The Morgan fingerprint density at radius 2 is 2.13 bits per heavy atom. The second-order valence-corrected chi connectivity index (χ2v) is 7.63. The van der Waals surface area contributed by atoms with Gasteiger partial charge in [-0.25, -0.2) is 0 Å². The van der Waals surface area contributed by atoms with E-state index in [1.807, 2.05) is 26.0 Å². The summed E-state index contributed by atoms with van der Waals surface area (Å²) in [6, 6.07) is 6.11. The SMILES string of the molecule is CCNc1nnc(SCC(=O)Nc2c(C)cccc2C(C)C)s1. The molecule has 0 aliphatic rings. The van der Waals surface area contributed by atoms with E-state index in [2.05, 4.69) is 40.7 Å². The molecular formula is C16H22N4OS2. The lowest BCUT2D eigenvalue weighted by atomic mass is 9.98. The van der Waals surface area contributed by atoms with Crippen molar-refractivity contribution in [2.24, 2.45) is 0 Å². The standard InChI is InChI=1S/C16H22N4OS2/c1-5-17-15-19-20-16(23-15)22-9-13(21)18-14-11(4)7-6-8-12(14)10(2)3/h6-8,10H,5,9H2,1-4H3,(H,17,19)(H,18,21). The van der Waals surface area contributed by atoms with Gasteiger partial charge < -0.3 is 10.6 Å². The topological polar surface area (TPSA) is 66.9 Å². The van der Waals surface area contributed by atoms with Crippen LogP contribution in [0.25, 0.3) is 0 Å². The van der Waals surface area contributed by atoms with Crippen LogP contribution in [-0.2, 0) is 4.79 Å². The van der Waals surface area contributed by atoms with Crippen LogP contribution in [0.2, 0.25) is 0 Å². The molecule has 1 aromatic carbocycles. The zero-order chi connectivity index (χ0) is 16.8. The fourth-order valence-corrected chi connectivity index (χ4v) is 3.76. The van der Waals surface area contributed by atoms with Gasteiger partial charge in [-0.05, 0) is 30.9 Å². The quantitative estimate of drug-likeness (QED) is 0.735. The zero-order valence-electron chi connectivity index (χ0n) is 13.8. The number of benzene rings is 1. The first-order chi connectivity index (χ1) is 11.0. The van der Waals surface area contributed by atoms with Gasteiger partial charge in [0.1, 0.15) is 0 Å². The number of nitrogens with zero attached hydrogens (tertiary/aromatic N) is 2. The molecule has 2 aromatic rings. The van der Waals surface area contributed by atoms with Crippen molar-refractivity contribution in [1.29, 1.82) is 0 Å². The van der Waals surface area contributed by atoms with Crippen molar-refractivity contribution in [3.8, 4) is 0 Å². The lowest BCUT2D eigenvalue weighted by Crippen LogP contribution is -2.16. The number of hydrogen-bond donors (Lipinski definition) is 2. The van der Waals surface area contributed by atoms with Crippen molar-refractivity contribution in [1.82, 2.24) is 10.2 Å². The first kappa shape index (κ1) is 17.7. The molecule has 1 amide bonds. The van der Waals surface area contributed by atoms with E-state index in [1.54, 1.807) is 0 Å². The molecule has 0 radical (unpaired) electrons. The third kappa shape index (κ3) is 4.94. The number of amides is 1. The van der Waals surface area contributed by atoms with Crippen molar-refractivity contribution in [2.45, 2.75) is 38.0 Å². The maximum absolute atomic E-state index is 12.3. The van der Waals surface area contributed by atoms with Gasteiger partial charge >= 0.3 is 0 Å². The maximum Gasteiger partial charge on any atom is 0.234 e. The third-order valence-corrected chi connectivity index (χ3v) is 5.27. The average molecular weight is 351 g/mol. The molecule has 2 N–H and O–H groups in total. The molecule has 7 heteroatoms. The number of nitrogens with one attached hydrogen (secondary N) is 2. The highest BCUT2D eigenvalue weighted by atomic mass is 32.2. The summed E-state index contributed by atoms with van der Waals surface area (Å²) in [6.45, 7) is 9.09. The van der Waals surface area contributed by atoms with Gasteiger partial charge in [-0.15, -0.1) is 10.2 Å². The van der Waals surface area contributed by atoms with Gasteiger partial charge in [-0.2, -0.15) is 0 Å². The normalized spacial score (nSPS) is 10.8. The van der Waals surface area contributed by atoms with E-state index in [4.69, 9.17) is 0 Å². The summed E-state index contributed by atoms with van der Waals surface area (Å²) in [5.74, 6) is 0.669. The van der Waals surface area contributed by atoms with E-state index >= 15 is 0 Å². The summed E-state index contributed by atoms with van der Waals surface area (Å²) in [6.07, 6.45) is 0. The van der Waals surface area contributed by atoms with E-state index in [9.17, 15) is 4.79 Å². The van der Waals surface area contributed by atoms with E-state index in [0.29, 0.717) is 11.7 Å². The number of carbonyl (C=O) groups excluding carboxylic acids is 1. The molecular weight excluding hydrogens is 328 g/mol. The zero-order valence-corrected chi connectivity index (χ0v) is 15.5. The van der Waals surface area contributed by atoms with Crippen molar-refractivity contribution in [3.05, 3.63) is 29.3 Å². The number of hydrogen-bond acceptors (Lipinski definition) is 6. The number of aromatic nitrogens is 2. The van der Waals surface area contributed by atoms with E-state index in [1.165, 1.54) is 23.1 Å².